The van der Waals surface area contributed by atoms with E-state index >= 15 is 0 Å². The second kappa shape index (κ2) is 8.88. The van der Waals surface area contributed by atoms with Gasteiger partial charge in [0.25, 0.3) is 0 Å². The summed E-state index contributed by atoms with van der Waals surface area (Å²) in [5, 5.41) is 0. The Hall–Kier alpha value is -2.86. The molecule has 2 aromatic rings. The van der Waals surface area contributed by atoms with Crippen molar-refractivity contribution in [2.24, 2.45) is 0 Å². The van der Waals surface area contributed by atoms with E-state index in [1.54, 1.807) is 18.9 Å². The quantitative estimate of drug-likeness (QED) is 0.689. The fourth-order valence-electron chi connectivity index (χ4n) is 4.41. The van der Waals surface area contributed by atoms with Gasteiger partial charge in [-0.3, -0.25) is 14.5 Å². The van der Waals surface area contributed by atoms with E-state index in [2.05, 4.69) is 15.9 Å². The minimum atomic E-state index is 0.0556. The van der Waals surface area contributed by atoms with Crippen molar-refractivity contribution in [3.63, 3.8) is 0 Å². The lowest BCUT2D eigenvalue weighted by Crippen LogP contribution is -2.47. The topological polar surface area (TPSA) is 53.1 Å². The van der Waals surface area contributed by atoms with Gasteiger partial charge in [0, 0.05) is 63.9 Å². The third-order valence-electron chi connectivity index (χ3n) is 6.13. The Balaban J connectivity index is 1.30. The van der Waals surface area contributed by atoms with Gasteiger partial charge in [0.15, 0.2) is 5.78 Å². The molecule has 158 valence electrons. The number of benzene rings is 2. The van der Waals surface area contributed by atoms with Crippen molar-refractivity contribution in [2.45, 2.75) is 19.8 Å². The summed E-state index contributed by atoms with van der Waals surface area (Å²) in [6.45, 7) is 6.78. The highest BCUT2D eigenvalue weighted by molar-refractivity contribution is 5.99. The van der Waals surface area contributed by atoms with Crippen molar-refractivity contribution in [1.82, 2.24) is 4.90 Å². The summed E-state index contributed by atoms with van der Waals surface area (Å²) in [6, 6.07) is 13.9. The molecule has 1 amide bonds. The number of carbonyl (C=O) groups excluding carboxylic acids is 2. The van der Waals surface area contributed by atoms with Gasteiger partial charge in [0.05, 0.1) is 12.8 Å². The first-order valence-electron chi connectivity index (χ1n) is 10.6. The number of ether oxygens (including phenoxy) is 1. The molecule has 0 bridgehead atoms. The Bertz CT molecular complexity index is 935. The van der Waals surface area contributed by atoms with Crippen LogP contribution in [0, 0.1) is 0 Å². The Kier molecular flexibility index (Phi) is 6.04. The van der Waals surface area contributed by atoms with Crippen LogP contribution >= 0.6 is 0 Å². The van der Waals surface area contributed by atoms with Crippen LogP contribution < -0.4 is 14.5 Å². The molecule has 6 nitrogen and oxygen atoms in total. The van der Waals surface area contributed by atoms with Gasteiger partial charge in [-0.25, -0.2) is 0 Å². The number of methoxy groups -OCH3 is 1. The zero-order valence-electron chi connectivity index (χ0n) is 17.8. The van der Waals surface area contributed by atoms with E-state index in [0.29, 0.717) is 13.0 Å². The van der Waals surface area contributed by atoms with Crippen LogP contribution in [0.15, 0.2) is 42.5 Å². The van der Waals surface area contributed by atoms with E-state index < -0.39 is 0 Å². The van der Waals surface area contributed by atoms with Crippen molar-refractivity contribution in [3.8, 4) is 5.75 Å². The third-order valence-corrected chi connectivity index (χ3v) is 6.13. The van der Waals surface area contributed by atoms with Crippen LogP contribution in [0.25, 0.3) is 0 Å². The minimum Gasteiger partial charge on any atom is -0.495 e. The van der Waals surface area contributed by atoms with E-state index in [1.165, 1.54) is 0 Å². The lowest BCUT2D eigenvalue weighted by molar-refractivity contribution is -0.116. The Morgan fingerprint density at radius 3 is 2.47 bits per heavy atom. The van der Waals surface area contributed by atoms with E-state index in [1.807, 2.05) is 36.4 Å². The van der Waals surface area contributed by atoms with Gasteiger partial charge in [-0.2, -0.15) is 0 Å². The van der Waals surface area contributed by atoms with Crippen LogP contribution in [0.5, 0.6) is 5.75 Å². The van der Waals surface area contributed by atoms with E-state index in [-0.39, 0.29) is 11.7 Å². The molecular weight excluding hydrogens is 378 g/mol. The molecule has 6 heteroatoms. The maximum atomic E-state index is 12.7. The number of Topliss-reactive ketones (excluding diaryl/α,β-unsaturated/α-hetero) is 1. The van der Waals surface area contributed by atoms with Crippen molar-refractivity contribution in [3.05, 3.63) is 53.6 Å². The van der Waals surface area contributed by atoms with Crippen molar-refractivity contribution in [1.29, 1.82) is 0 Å². The van der Waals surface area contributed by atoms with Gasteiger partial charge in [-0.15, -0.1) is 0 Å². The highest BCUT2D eigenvalue weighted by Gasteiger charge is 2.24. The van der Waals surface area contributed by atoms with Crippen LogP contribution in [0.2, 0.25) is 0 Å². The van der Waals surface area contributed by atoms with Crippen LogP contribution in [0.1, 0.15) is 29.3 Å². The second-order valence-electron chi connectivity index (χ2n) is 7.94. The first kappa shape index (κ1) is 20.4. The number of nitrogens with zero attached hydrogens (tertiary/aromatic N) is 3. The average Bonchev–Trinajstić information content (AvgIpc) is 3.21. The number of para-hydroxylation sites is 2. The molecule has 1 saturated heterocycles. The van der Waals surface area contributed by atoms with Gasteiger partial charge in [0.2, 0.25) is 5.91 Å². The summed E-state index contributed by atoms with van der Waals surface area (Å²) in [7, 11) is 1.71. The van der Waals surface area contributed by atoms with E-state index in [0.717, 1.165) is 67.4 Å². The first-order valence-corrected chi connectivity index (χ1v) is 10.6. The molecular formula is C24H29N3O3. The molecule has 2 aromatic carbocycles. The summed E-state index contributed by atoms with van der Waals surface area (Å²) in [4.78, 5) is 30.9. The molecule has 30 heavy (non-hydrogen) atoms. The number of anilines is 2. The molecule has 0 radical (unpaired) electrons. The molecule has 0 spiro atoms. The molecule has 4 rings (SSSR count). The standard InChI is InChI=1S/C24H29N3O3/c1-18(28)27-12-9-19-17-20(7-8-21(19)27)23(29)10-11-25-13-15-26(16-14-25)22-5-3-4-6-24(22)30-2/h3-8,17H,9-16H2,1-2H3. The van der Waals surface area contributed by atoms with Gasteiger partial charge in [0.1, 0.15) is 5.75 Å². The van der Waals surface area contributed by atoms with Gasteiger partial charge >= 0.3 is 0 Å². The second-order valence-corrected chi connectivity index (χ2v) is 7.94. The average molecular weight is 408 g/mol. The smallest absolute Gasteiger partial charge is 0.223 e. The summed E-state index contributed by atoms with van der Waals surface area (Å²) < 4.78 is 5.48. The highest BCUT2D eigenvalue weighted by atomic mass is 16.5. The third kappa shape index (κ3) is 4.19. The maximum Gasteiger partial charge on any atom is 0.223 e. The van der Waals surface area contributed by atoms with Crippen LogP contribution in [0.3, 0.4) is 0 Å². The van der Waals surface area contributed by atoms with E-state index in [4.69, 9.17) is 4.74 Å². The number of hydrogen-bond acceptors (Lipinski definition) is 5. The van der Waals surface area contributed by atoms with Gasteiger partial charge < -0.3 is 14.5 Å². The molecule has 0 N–H and O–H groups in total. The highest BCUT2D eigenvalue weighted by Crippen LogP contribution is 2.30. The monoisotopic (exact) mass is 407 g/mol. The van der Waals surface area contributed by atoms with Crippen LogP contribution in [-0.4, -0.2) is 63.0 Å². The normalized spacial score (nSPS) is 16.5. The zero-order valence-corrected chi connectivity index (χ0v) is 17.8. The SMILES string of the molecule is COc1ccccc1N1CCN(CCC(=O)c2ccc3c(c2)CCN3C(C)=O)CC1. The Labute approximate surface area is 178 Å². The number of ketones is 1. The number of amides is 1. The number of piperazine rings is 1. The van der Waals surface area contributed by atoms with Gasteiger partial charge in [-0.1, -0.05) is 12.1 Å². The molecule has 2 heterocycles. The lowest BCUT2D eigenvalue weighted by atomic mass is 10.0. The minimum absolute atomic E-state index is 0.0556. The summed E-state index contributed by atoms with van der Waals surface area (Å²) in [5.74, 6) is 1.13. The molecule has 0 aliphatic carbocycles. The van der Waals surface area contributed by atoms with Crippen molar-refractivity contribution in [2.75, 3.05) is 56.2 Å². The predicted octanol–water partition coefficient (Wildman–Crippen LogP) is 3.00. The van der Waals surface area contributed by atoms with E-state index in [9.17, 15) is 9.59 Å². The largest absolute Gasteiger partial charge is 0.495 e. The number of hydrogen-bond donors (Lipinski definition) is 0. The summed E-state index contributed by atoms with van der Waals surface area (Å²) >= 11 is 0. The molecule has 0 aromatic heterocycles. The van der Waals surface area contributed by atoms with Crippen molar-refractivity contribution < 1.29 is 14.3 Å². The fraction of sp³-hybridized carbons (Fsp3) is 0.417. The number of fused-ring (bicyclic) bond motifs is 1. The van der Waals surface area contributed by atoms with Crippen molar-refractivity contribution >= 4 is 23.1 Å². The zero-order chi connectivity index (χ0) is 21.1. The molecule has 2 aliphatic rings. The number of carbonyl (C=O) groups is 2. The molecule has 0 unspecified atom stereocenters. The predicted molar refractivity (Wildman–Crippen MR) is 119 cm³/mol. The Morgan fingerprint density at radius 1 is 0.967 bits per heavy atom. The molecule has 1 fully saturated rings. The summed E-state index contributed by atoms with van der Waals surface area (Å²) in [6.07, 6.45) is 1.34. The molecule has 0 saturated carbocycles. The fourth-order valence-corrected chi connectivity index (χ4v) is 4.41. The lowest BCUT2D eigenvalue weighted by Gasteiger charge is -2.36. The number of rotatable bonds is 6. The summed E-state index contributed by atoms with van der Waals surface area (Å²) in [5.41, 5.74) is 3.94. The molecule has 2 aliphatic heterocycles. The van der Waals surface area contributed by atoms with Crippen LogP contribution in [-0.2, 0) is 11.2 Å². The maximum absolute atomic E-state index is 12.7. The van der Waals surface area contributed by atoms with Gasteiger partial charge in [-0.05, 0) is 42.3 Å². The Morgan fingerprint density at radius 2 is 1.73 bits per heavy atom. The van der Waals surface area contributed by atoms with Crippen LogP contribution in [0.4, 0.5) is 11.4 Å². The first-order chi connectivity index (χ1) is 14.6. The molecule has 0 atom stereocenters.